The highest BCUT2D eigenvalue weighted by Crippen LogP contribution is 2.28. The zero-order chi connectivity index (χ0) is 13.9. The van der Waals surface area contributed by atoms with Gasteiger partial charge in [-0.2, -0.15) is 0 Å². The third-order valence-corrected chi connectivity index (χ3v) is 4.06. The summed E-state index contributed by atoms with van der Waals surface area (Å²) in [5, 5.41) is 0. The molecule has 108 valence electrons. The smallest absolute Gasteiger partial charge is 0.111 e. The molecule has 0 saturated heterocycles. The fraction of sp³-hybridized carbons (Fsp3) is 0.562. The molecule has 0 bridgehead atoms. The van der Waals surface area contributed by atoms with Gasteiger partial charge in [0.25, 0.3) is 0 Å². The summed E-state index contributed by atoms with van der Waals surface area (Å²) in [6.45, 7) is 4.67. The molecule has 1 aliphatic rings. The number of hydrogen-bond donors (Lipinski definition) is 0. The van der Waals surface area contributed by atoms with Gasteiger partial charge < -0.3 is 9.30 Å². The van der Waals surface area contributed by atoms with Gasteiger partial charge in [0.2, 0.25) is 0 Å². The van der Waals surface area contributed by atoms with Crippen LogP contribution in [0.2, 0.25) is 0 Å². The zero-order valence-electron chi connectivity index (χ0n) is 11.9. The predicted octanol–water partition coefficient (Wildman–Crippen LogP) is 3.55. The number of aromatic nitrogens is 2. The van der Waals surface area contributed by atoms with Gasteiger partial charge in [-0.25, -0.2) is 4.98 Å². The van der Waals surface area contributed by atoms with Crippen molar-refractivity contribution in [1.82, 2.24) is 9.55 Å². The van der Waals surface area contributed by atoms with E-state index in [1.54, 1.807) is 0 Å². The van der Waals surface area contributed by atoms with E-state index in [0.717, 1.165) is 43.4 Å². The molecular formula is C16H21ClN2O. The van der Waals surface area contributed by atoms with Gasteiger partial charge in [-0.3, -0.25) is 0 Å². The molecule has 4 heteroatoms. The van der Waals surface area contributed by atoms with Crippen LogP contribution in [0.5, 0.6) is 0 Å². The number of aryl methyl sites for hydroxylation is 2. The summed E-state index contributed by atoms with van der Waals surface area (Å²) in [5.74, 6) is 2.49. The molecule has 0 spiro atoms. The first-order valence-corrected chi connectivity index (χ1v) is 7.91. The van der Waals surface area contributed by atoms with Crippen LogP contribution < -0.4 is 0 Å². The molecule has 1 aliphatic carbocycles. The van der Waals surface area contributed by atoms with Crippen molar-refractivity contribution in [3.63, 3.8) is 0 Å². The summed E-state index contributed by atoms with van der Waals surface area (Å²) in [5.41, 5.74) is 3.55. The molecule has 1 saturated carbocycles. The number of hydrogen-bond acceptors (Lipinski definition) is 2. The van der Waals surface area contributed by atoms with Gasteiger partial charge in [0.1, 0.15) is 5.82 Å². The Hall–Kier alpha value is -1.06. The van der Waals surface area contributed by atoms with Gasteiger partial charge in [-0.15, -0.1) is 11.6 Å². The highest BCUT2D eigenvalue weighted by molar-refractivity contribution is 6.17. The lowest BCUT2D eigenvalue weighted by atomic mass is 10.2. The molecule has 0 radical (unpaired) electrons. The summed E-state index contributed by atoms with van der Waals surface area (Å²) in [7, 11) is 0. The van der Waals surface area contributed by atoms with E-state index in [1.165, 1.54) is 23.9 Å². The molecule has 0 amide bonds. The second-order valence-electron chi connectivity index (χ2n) is 5.58. The van der Waals surface area contributed by atoms with Crippen LogP contribution in [-0.2, 0) is 17.7 Å². The Bertz CT molecular complexity index is 589. The van der Waals surface area contributed by atoms with Crippen molar-refractivity contribution in [3.05, 3.63) is 29.6 Å². The molecule has 0 unspecified atom stereocenters. The maximum Gasteiger partial charge on any atom is 0.111 e. The summed E-state index contributed by atoms with van der Waals surface area (Å²) in [6, 6.07) is 6.26. The maximum atomic E-state index is 5.90. The molecule has 0 atom stereocenters. The predicted molar refractivity (Wildman–Crippen MR) is 82.4 cm³/mol. The second-order valence-corrected chi connectivity index (χ2v) is 5.96. The first-order valence-electron chi connectivity index (χ1n) is 7.38. The SMILES string of the molecule is Cc1cccc2nc(CCCl)n(CCOCC3CC3)c12. The first-order chi connectivity index (χ1) is 9.79. The summed E-state index contributed by atoms with van der Waals surface area (Å²) < 4.78 is 8.05. The van der Waals surface area contributed by atoms with Crippen LogP contribution in [0, 0.1) is 12.8 Å². The fourth-order valence-electron chi connectivity index (χ4n) is 2.62. The Kier molecular flexibility index (Phi) is 4.27. The van der Waals surface area contributed by atoms with Crippen molar-refractivity contribution in [3.8, 4) is 0 Å². The molecule has 3 nitrogen and oxygen atoms in total. The third-order valence-electron chi connectivity index (χ3n) is 3.88. The quantitative estimate of drug-likeness (QED) is 0.576. The molecule has 20 heavy (non-hydrogen) atoms. The highest BCUT2D eigenvalue weighted by atomic mass is 35.5. The maximum absolute atomic E-state index is 5.90. The Labute approximate surface area is 124 Å². The van der Waals surface area contributed by atoms with Gasteiger partial charge in [0.05, 0.1) is 17.6 Å². The third kappa shape index (κ3) is 2.99. The molecule has 1 heterocycles. The molecule has 1 fully saturated rings. The van der Waals surface area contributed by atoms with E-state index in [2.05, 4.69) is 29.7 Å². The van der Waals surface area contributed by atoms with Crippen LogP contribution in [0.15, 0.2) is 18.2 Å². The van der Waals surface area contributed by atoms with Crippen molar-refractivity contribution in [1.29, 1.82) is 0 Å². The van der Waals surface area contributed by atoms with Crippen molar-refractivity contribution in [2.75, 3.05) is 19.1 Å². The summed E-state index contributed by atoms with van der Waals surface area (Å²) >= 11 is 5.90. The number of fused-ring (bicyclic) bond motifs is 1. The Morgan fingerprint density at radius 3 is 3.00 bits per heavy atom. The van der Waals surface area contributed by atoms with Crippen molar-refractivity contribution in [2.45, 2.75) is 32.7 Å². The molecule has 0 N–H and O–H groups in total. The number of alkyl halides is 1. The van der Waals surface area contributed by atoms with Crippen LogP contribution in [0.25, 0.3) is 11.0 Å². The number of imidazole rings is 1. The number of benzene rings is 1. The number of nitrogens with zero attached hydrogens (tertiary/aromatic N) is 2. The highest BCUT2D eigenvalue weighted by Gasteiger charge is 2.21. The minimum atomic E-state index is 0.602. The molecule has 1 aromatic heterocycles. The average Bonchev–Trinajstić information content (AvgIpc) is 3.18. The van der Waals surface area contributed by atoms with Crippen molar-refractivity contribution >= 4 is 22.6 Å². The van der Waals surface area contributed by atoms with E-state index in [0.29, 0.717) is 5.88 Å². The largest absolute Gasteiger partial charge is 0.379 e. The lowest BCUT2D eigenvalue weighted by molar-refractivity contribution is 0.117. The van der Waals surface area contributed by atoms with E-state index in [-0.39, 0.29) is 0 Å². The van der Waals surface area contributed by atoms with E-state index in [9.17, 15) is 0 Å². The van der Waals surface area contributed by atoms with Crippen molar-refractivity contribution in [2.24, 2.45) is 5.92 Å². The van der Waals surface area contributed by atoms with Gasteiger partial charge in [0.15, 0.2) is 0 Å². The van der Waals surface area contributed by atoms with Gasteiger partial charge in [0, 0.05) is 25.5 Å². The second kappa shape index (κ2) is 6.15. The first kappa shape index (κ1) is 13.9. The van der Waals surface area contributed by atoms with Crippen LogP contribution in [-0.4, -0.2) is 28.6 Å². The van der Waals surface area contributed by atoms with Crippen LogP contribution >= 0.6 is 11.6 Å². The number of halogens is 1. The van der Waals surface area contributed by atoms with Crippen LogP contribution in [0.4, 0.5) is 0 Å². The Morgan fingerprint density at radius 2 is 2.25 bits per heavy atom. The van der Waals surface area contributed by atoms with Crippen LogP contribution in [0.1, 0.15) is 24.2 Å². The van der Waals surface area contributed by atoms with Crippen molar-refractivity contribution < 1.29 is 4.74 Å². The Balaban J connectivity index is 1.79. The van der Waals surface area contributed by atoms with E-state index < -0.39 is 0 Å². The van der Waals surface area contributed by atoms with Crippen LogP contribution in [0.3, 0.4) is 0 Å². The summed E-state index contributed by atoms with van der Waals surface area (Å²) in [4.78, 5) is 4.71. The molecule has 1 aromatic carbocycles. The van der Waals surface area contributed by atoms with E-state index >= 15 is 0 Å². The van der Waals surface area contributed by atoms with Gasteiger partial charge in [-0.1, -0.05) is 12.1 Å². The Morgan fingerprint density at radius 1 is 1.40 bits per heavy atom. The normalized spacial score (nSPS) is 15.1. The topological polar surface area (TPSA) is 27.1 Å². The van der Waals surface area contributed by atoms with Gasteiger partial charge in [-0.05, 0) is 37.3 Å². The lowest BCUT2D eigenvalue weighted by Gasteiger charge is -2.10. The van der Waals surface area contributed by atoms with Gasteiger partial charge >= 0.3 is 0 Å². The standard InChI is InChI=1S/C16H21ClN2O/c1-12-3-2-4-14-16(12)19(15(18-14)7-8-17)9-10-20-11-13-5-6-13/h2-4,13H,5-11H2,1H3. The summed E-state index contributed by atoms with van der Waals surface area (Å²) in [6.07, 6.45) is 3.48. The number of rotatable bonds is 7. The average molecular weight is 293 g/mol. The number of para-hydroxylation sites is 1. The minimum absolute atomic E-state index is 0.602. The lowest BCUT2D eigenvalue weighted by Crippen LogP contribution is -2.11. The monoisotopic (exact) mass is 292 g/mol. The van der Waals surface area contributed by atoms with E-state index in [1.807, 2.05) is 0 Å². The van der Waals surface area contributed by atoms with E-state index in [4.69, 9.17) is 21.3 Å². The fourth-order valence-corrected chi connectivity index (χ4v) is 2.79. The molecule has 2 aromatic rings. The number of ether oxygens (including phenoxy) is 1. The molecule has 0 aliphatic heterocycles. The minimum Gasteiger partial charge on any atom is -0.379 e. The zero-order valence-corrected chi connectivity index (χ0v) is 12.7. The molecular weight excluding hydrogens is 272 g/mol. The molecule has 3 rings (SSSR count).